The maximum absolute atomic E-state index is 13.2. The lowest BCUT2D eigenvalue weighted by Crippen LogP contribution is -2.57. The predicted octanol–water partition coefficient (Wildman–Crippen LogP) is 2.22. The van der Waals surface area contributed by atoms with Gasteiger partial charge in [-0.3, -0.25) is 9.59 Å². The summed E-state index contributed by atoms with van der Waals surface area (Å²) in [5.74, 6) is -0.321. The summed E-state index contributed by atoms with van der Waals surface area (Å²) in [6.45, 7) is 9.48. The van der Waals surface area contributed by atoms with Crippen molar-refractivity contribution in [2.45, 2.75) is 40.2 Å². The minimum atomic E-state index is -3.52. The van der Waals surface area contributed by atoms with Crippen LogP contribution in [0, 0.1) is 5.92 Å². The summed E-state index contributed by atoms with van der Waals surface area (Å²) >= 11 is 5.88. The van der Waals surface area contributed by atoms with Crippen molar-refractivity contribution in [2.24, 2.45) is 5.92 Å². The molecule has 1 aromatic carbocycles. The first-order valence-corrected chi connectivity index (χ1v) is 12.5. The van der Waals surface area contributed by atoms with E-state index < -0.39 is 16.3 Å². The first-order valence-electron chi connectivity index (χ1n) is 10.7. The lowest BCUT2D eigenvalue weighted by atomic mass is 10.0. The molecule has 31 heavy (non-hydrogen) atoms. The van der Waals surface area contributed by atoms with E-state index in [1.165, 1.54) is 8.61 Å². The number of hydrogen-bond acceptors (Lipinski definition) is 4. The van der Waals surface area contributed by atoms with E-state index in [-0.39, 0.29) is 30.8 Å². The van der Waals surface area contributed by atoms with Crippen LogP contribution in [-0.2, 0) is 15.0 Å². The minimum Gasteiger partial charge on any atom is -0.340 e. The average molecular weight is 473 g/mol. The highest BCUT2D eigenvalue weighted by Gasteiger charge is 2.34. The van der Waals surface area contributed by atoms with Gasteiger partial charge in [0, 0.05) is 49.9 Å². The number of piperazine rings is 1. The van der Waals surface area contributed by atoms with Crippen molar-refractivity contribution in [1.29, 1.82) is 0 Å². The zero-order valence-corrected chi connectivity index (χ0v) is 20.2. The number of carbonyl (C=O) groups is 2. The highest BCUT2D eigenvalue weighted by Crippen LogP contribution is 2.16. The third kappa shape index (κ3) is 6.65. The molecule has 2 amide bonds. The second-order valence-electron chi connectivity index (χ2n) is 7.98. The van der Waals surface area contributed by atoms with E-state index >= 15 is 0 Å². The van der Waals surface area contributed by atoms with Gasteiger partial charge in [0.25, 0.3) is 16.1 Å². The van der Waals surface area contributed by atoms with Gasteiger partial charge in [0.05, 0.1) is 0 Å². The van der Waals surface area contributed by atoms with Crippen LogP contribution in [0.4, 0.5) is 0 Å². The second kappa shape index (κ2) is 11.3. The van der Waals surface area contributed by atoms with Gasteiger partial charge in [0.2, 0.25) is 5.91 Å². The van der Waals surface area contributed by atoms with Gasteiger partial charge in [-0.15, -0.1) is 0 Å². The predicted molar refractivity (Wildman–Crippen MR) is 122 cm³/mol. The number of carbonyl (C=O) groups excluding carboxylic acids is 2. The van der Waals surface area contributed by atoms with Crippen LogP contribution in [0.1, 0.15) is 44.5 Å². The maximum atomic E-state index is 13.2. The number of nitrogens with zero attached hydrogens (tertiary/aromatic N) is 3. The molecule has 1 fully saturated rings. The van der Waals surface area contributed by atoms with Crippen LogP contribution >= 0.6 is 11.6 Å². The van der Waals surface area contributed by atoms with Crippen molar-refractivity contribution in [3.05, 3.63) is 34.9 Å². The topological polar surface area (TPSA) is 90.0 Å². The molecule has 0 spiro atoms. The fourth-order valence-corrected chi connectivity index (χ4v) is 5.34. The molecule has 1 unspecified atom stereocenters. The molecule has 10 heteroatoms. The smallest absolute Gasteiger partial charge is 0.282 e. The van der Waals surface area contributed by atoms with Gasteiger partial charge in [-0.2, -0.15) is 17.0 Å². The van der Waals surface area contributed by atoms with Crippen LogP contribution in [-0.4, -0.2) is 79.1 Å². The molecular formula is C21H33ClN4O4S. The number of hydrogen-bond donors (Lipinski definition) is 1. The Kier molecular flexibility index (Phi) is 9.29. The van der Waals surface area contributed by atoms with E-state index in [1.807, 2.05) is 13.8 Å². The van der Waals surface area contributed by atoms with Crippen LogP contribution in [0.15, 0.2) is 24.3 Å². The molecule has 0 aliphatic carbocycles. The number of rotatable bonds is 9. The van der Waals surface area contributed by atoms with Crippen molar-refractivity contribution in [2.75, 3.05) is 39.3 Å². The third-order valence-electron chi connectivity index (χ3n) is 5.33. The molecule has 1 aliphatic heterocycles. The molecule has 1 N–H and O–H groups in total. The zero-order chi connectivity index (χ0) is 23.2. The Morgan fingerprint density at radius 3 is 2.10 bits per heavy atom. The van der Waals surface area contributed by atoms with Gasteiger partial charge in [-0.25, -0.2) is 0 Å². The lowest BCUT2D eigenvalue weighted by molar-refractivity contribution is -0.134. The first kappa shape index (κ1) is 25.6. The molecule has 0 saturated carbocycles. The summed E-state index contributed by atoms with van der Waals surface area (Å²) in [5, 5.41) is 3.38. The second-order valence-corrected chi connectivity index (χ2v) is 10.3. The Labute approximate surface area is 190 Å². The van der Waals surface area contributed by atoms with Crippen LogP contribution in [0.25, 0.3) is 0 Å². The van der Waals surface area contributed by atoms with Gasteiger partial charge in [0.1, 0.15) is 6.04 Å². The summed E-state index contributed by atoms with van der Waals surface area (Å²) in [4.78, 5) is 27.5. The Bertz CT molecular complexity index is 849. The van der Waals surface area contributed by atoms with Crippen molar-refractivity contribution in [3.8, 4) is 0 Å². The van der Waals surface area contributed by atoms with E-state index in [9.17, 15) is 18.0 Å². The zero-order valence-electron chi connectivity index (χ0n) is 18.7. The van der Waals surface area contributed by atoms with Crippen molar-refractivity contribution >= 4 is 33.6 Å². The first-order chi connectivity index (χ1) is 14.6. The fourth-order valence-electron chi connectivity index (χ4n) is 3.61. The molecule has 1 atom stereocenters. The Morgan fingerprint density at radius 2 is 1.61 bits per heavy atom. The van der Waals surface area contributed by atoms with E-state index in [2.05, 4.69) is 5.32 Å². The summed E-state index contributed by atoms with van der Waals surface area (Å²) in [6.07, 6.45) is 0.496. The molecule has 0 radical (unpaired) electrons. The highest BCUT2D eigenvalue weighted by molar-refractivity contribution is 7.86. The van der Waals surface area contributed by atoms with Gasteiger partial charge >= 0.3 is 0 Å². The fraction of sp³-hybridized carbons (Fsp3) is 0.619. The Balaban J connectivity index is 2.05. The van der Waals surface area contributed by atoms with Crippen molar-refractivity contribution in [3.63, 3.8) is 0 Å². The number of amides is 2. The van der Waals surface area contributed by atoms with Gasteiger partial charge in [-0.05, 0) is 36.6 Å². The van der Waals surface area contributed by atoms with Gasteiger partial charge in [0.15, 0.2) is 0 Å². The summed E-state index contributed by atoms with van der Waals surface area (Å²) in [7, 11) is -3.52. The largest absolute Gasteiger partial charge is 0.340 e. The Morgan fingerprint density at radius 1 is 1.06 bits per heavy atom. The minimum absolute atomic E-state index is 0.184. The van der Waals surface area contributed by atoms with Crippen LogP contribution < -0.4 is 5.32 Å². The molecule has 1 heterocycles. The molecule has 0 bridgehead atoms. The molecule has 174 valence electrons. The van der Waals surface area contributed by atoms with Crippen molar-refractivity contribution in [1.82, 2.24) is 18.8 Å². The SMILES string of the molecule is CCN(CC)S(=O)(=O)N1CCN(C(=O)C(CC(C)C)NC(=O)c2ccc(Cl)cc2)CC1. The molecule has 2 rings (SSSR count). The number of nitrogens with one attached hydrogen (secondary N) is 1. The quantitative estimate of drug-likeness (QED) is 0.596. The maximum Gasteiger partial charge on any atom is 0.282 e. The molecule has 1 aliphatic rings. The normalized spacial score (nSPS) is 16.5. The molecular weight excluding hydrogens is 440 g/mol. The van der Waals surface area contributed by atoms with E-state index in [4.69, 9.17) is 11.6 Å². The van der Waals surface area contributed by atoms with Crippen molar-refractivity contribution < 1.29 is 18.0 Å². The Hall–Kier alpha value is -1.68. The monoisotopic (exact) mass is 472 g/mol. The van der Waals surface area contributed by atoms with E-state index in [0.717, 1.165) is 0 Å². The van der Waals surface area contributed by atoms with Crippen LogP contribution in [0.2, 0.25) is 5.02 Å². The third-order valence-corrected chi connectivity index (χ3v) is 7.76. The summed E-state index contributed by atoms with van der Waals surface area (Å²) in [5.41, 5.74) is 0.432. The molecule has 1 aromatic rings. The number of halogens is 1. The molecule has 8 nitrogen and oxygen atoms in total. The summed E-state index contributed by atoms with van der Waals surface area (Å²) in [6, 6.07) is 5.82. The summed E-state index contributed by atoms with van der Waals surface area (Å²) < 4.78 is 28.3. The van der Waals surface area contributed by atoms with Crippen LogP contribution in [0.3, 0.4) is 0 Å². The number of benzene rings is 1. The molecule has 0 aromatic heterocycles. The lowest BCUT2D eigenvalue weighted by Gasteiger charge is -2.37. The standard InChI is InChI=1S/C21H33ClN4O4S/c1-5-25(6-2)31(29,30)26-13-11-24(12-14-26)21(28)19(15-16(3)4)23-20(27)17-7-9-18(22)10-8-17/h7-10,16,19H,5-6,11-15H2,1-4H3,(H,23,27). The highest BCUT2D eigenvalue weighted by atomic mass is 35.5. The average Bonchev–Trinajstić information content (AvgIpc) is 2.73. The van der Waals surface area contributed by atoms with Crippen LogP contribution in [0.5, 0.6) is 0 Å². The van der Waals surface area contributed by atoms with Gasteiger partial charge in [-0.1, -0.05) is 39.3 Å². The van der Waals surface area contributed by atoms with E-state index in [1.54, 1.807) is 43.0 Å². The van der Waals surface area contributed by atoms with Gasteiger partial charge < -0.3 is 10.2 Å². The molecule has 1 saturated heterocycles. The van der Waals surface area contributed by atoms with E-state index in [0.29, 0.717) is 43.2 Å².